The normalized spacial score (nSPS) is 13.5. The van der Waals surface area contributed by atoms with Crippen molar-refractivity contribution in [3.8, 4) is 11.8 Å². The van der Waals surface area contributed by atoms with Crippen molar-refractivity contribution in [1.29, 1.82) is 0 Å². The van der Waals surface area contributed by atoms with Gasteiger partial charge in [-0.15, -0.1) is 0 Å². The number of aliphatic hydroxyl groups excluding tert-OH is 1. The minimum absolute atomic E-state index is 0.121. The number of carbonyl (C=O) groups is 1. The van der Waals surface area contributed by atoms with Gasteiger partial charge in [0.2, 0.25) is 0 Å². The molecule has 0 spiro atoms. The molecule has 1 N–H and O–H groups in total. The van der Waals surface area contributed by atoms with Gasteiger partial charge >= 0.3 is 0 Å². The number of carbonyl (C=O) groups excluding carboxylic acids is 1. The summed E-state index contributed by atoms with van der Waals surface area (Å²) in [6, 6.07) is 6.06. The van der Waals surface area contributed by atoms with Crippen LogP contribution in [0.4, 0.5) is 0 Å². The number of rotatable bonds is 5. The highest BCUT2D eigenvalue weighted by molar-refractivity contribution is 5.96. The summed E-state index contributed by atoms with van der Waals surface area (Å²) in [5.74, 6) is 5.69. The van der Waals surface area contributed by atoms with Crippen LogP contribution in [0, 0.1) is 18.8 Å². The first-order chi connectivity index (χ1) is 10.2. The van der Waals surface area contributed by atoms with Crippen LogP contribution in [0.3, 0.4) is 0 Å². The summed E-state index contributed by atoms with van der Waals surface area (Å²) in [5, 5.41) is 8.81. The highest BCUT2D eigenvalue weighted by atomic mass is 16.2. The summed E-state index contributed by atoms with van der Waals surface area (Å²) >= 11 is 0. The first kappa shape index (κ1) is 15.6. The van der Waals surface area contributed by atoms with Gasteiger partial charge in [-0.05, 0) is 43.9 Å². The van der Waals surface area contributed by atoms with Gasteiger partial charge < -0.3 is 10.0 Å². The largest absolute Gasteiger partial charge is 0.384 e. The lowest BCUT2D eigenvalue weighted by Gasteiger charge is -2.23. The van der Waals surface area contributed by atoms with Crippen LogP contribution >= 0.6 is 0 Å². The summed E-state index contributed by atoms with van der Waals surface area (Å²) in [6.07, 6.45) is 4.39. The molecule has 0 heterocycles. The van der Waals surface area contributed by atoms with Crippen LogP contribution in [-0.4, -0.2) is 35.1 Å². The number of hydrogen-bond acceptors (Lipinski definition) is 2. The van der Waals surface area contributed by atoms with E-state index in [9.17, 15) is 4.79 Å². The lowest BCUT2D eigenvalue weighted by molar-refractivity contribution is 0.0740. The number of hydrogen-bond donors (Lipinski definition) is 1. The van der Waals surface area contributed by atoms with Crippen LogP contribution in [-0.2, 0) is 0 Å². The third-order valence-corrected chi connectivity index (χ3v) is 3.87. The summed E-state index contributed by atoms with van der Waals surface area (Å²) < 4.78 is 0. The van der Waals surface area contributed by atoms with Gasteiger partial charge in [0.05, 0.1) is 0 Å². The SMILES string of the molecule is CCCCN(C(=O)c1cccc(C#CCO)c1C)C1CC1. The third kappa shape index (κ3) is 3.86. The molecule has 0 atom stereocenters. The first-order valence-electron chi connectivity index (χ1n) is 7.69. The molecule has 21 heavy (non-hydrogen) atoms. The van der Waals surface area contributed by atoms with Gasteiger partial charge in [0.15, 0.2) is 0 Å². The molecule has 2 rings (SSSR count). The van der Waals surface area contributed by atoms with Crippen molar-refractivity contribution >= 4 is 5.91 Å². The zero-order chi connectivity index (χ0) is 15.2. The van der Waals surface area contributed by atoms with Gasteiger partial charge in [0, 0.05) is 23.7 Å². The molecule has 1 amide bonds. The van der Waals surface area contributed by atoms with E-state index in [2.05, 4.69) is 18.8 Å². The Bertz CT molecular complexity index is 564. The van der Waals surface area contributed by atoms with Crippen LogP contribution in [0.1, 0.15) is 54.1 Å². The summed E-state index contributed by atoms with van der Waals surface area (Å²) in [6.45, 7) is 4.75. The third-order valence-electron chi connectivity index (χ3n) is 3.87. The van der Waals surface area contributed by atoms with Gasteiger partial charge in [0.1, 0.15) is 6.61 Å². The molecular weight excluding hydrogens is 262 g/mol. The fraction of sp³-hybridized carbons (Fsp3) is 0.500. The Balaban J connectivity index is 2.25. The Morgan fingerprint density at radius 1 is 1.43 bits per heavy atom. The topological polar surface area (TPSA) is 40.5 Å². The van der Waals surface area contributed by atoms with E-state index in [1.807, 2.05) is 30.0 Å². The lowest BCUT2D eigenvalue weighted by atomic mass is 10.0. The van der Waals surface area contributed by atoms with E-state index < -0.39 is 0 Å². The van der Waals surface area contributed by atoms with E-state index in [0.29, 0.717) is 6.04 Å². The van der Waals surface area contributed by atoms with Crippen molar-refractivity contribution in [3.05, 3.63) is 34.9 Å². The van der Waals surface area contributed by atoms with E-state index in [1.54, 1.807) is 0 Å². The first-order valence-corrected chi connectivity index (χ1v) is 7.69. The Kier molecular flexibility index (Phi) is 5.41. The summed E-state index contributed by atoms with van der Waals surface area (Å²) in [5.41, 5.74) is 2.47. The molecule has 0 radical (unpaired) electrons. The van der Waals surface area contributed by atoms with Crippen molar-refractivity contribution in [2.45, 2.75) is 45.6 Å². The second-order valence-corrected chi connectivity index (χ2v) is 5.52. The molecule has 1 aliphatic rings. The van der Waals surface area contributed by atoms with E-state index in [-0.39, 0.29) is 12.5 Å². The van der Waals surface area contributed by atoms with E-state index in [4.69, 9.17) is 5.11 Å². The molecule has 0 aliphatic heterocycles. The Morgan fingerprint density at radius 2 is 2.19 bits per heavy atom. The van der Waals surface area contributed by atoms with Crippen molar-refractivity contribution in [2.75, 3.05) is 13.2 Å². The van der Waals surface area contributed by atoms with Crippen molar-refractivity contribution < 1.29 is 9.90 Å². The van der Waals surface area contributed by atoms with Crippen molar-refractivity contribution in [2.24, 2.45) is 0 Å². The number of unbranched alkanes of at least 4 members (excludes halogenated alkanes) is 1. The van der Waals surface area contributed by atoms with Crippen molar-refractivity contribution in [3.63, 3.8) is 0 Å². The molecule has 1 aromatic rings. The van der Waals surface area contributed by atoms with E-state index in [1.165, 1.54) is 0 Å². The van der Waals surface area contributed by atoms with E-state index in [0.717, 1.165) is 48.9 Å². The second-order valence-electron chi connectivity index (χ2n) is 5.52. The van der Waals surface area contributed by atoms with Gasteiger partial charge in [-0.3, -0.25) is 4.79 Å². The molecule has 112 valence electrons. The zero-order valence-electron chi connectivity index (χ0n) is 12.9. The average molecular weight is 285 g/mol. The highest BCUT2D eigenvalue weighted by Crippen LogP contribution is 2.29. The monoisotopic (exact) mass is 285 g/mol. The molecule has 1 aliphatic carbocycles. The zero-order valence-corrected chi connectivity index (χ0v) is 12.9. The molecule has 0 saturated heterocycles. The maximum atomic E-state index is 12.8. The second kappa shape index (κ2) is 7.28. The number of amides is 1. The summed E-state index contributed by atoms with van der Waals surface area (Å²) in [4.78, 5) is 14.8. The van der Waals surface area contributed by atoms with Gasteiger partial charge in [-0.2, -0.15) is 0 Å². The maximum absolute atomic E-state index is 12.8. The lowest BCUT2D eigenvalue weighted by Crippen LogP contribution is -2.34. The van der Waals surface area contributed by atoms with Gasteiger partial charge in [-0.25, -0.2) is 0 Å². The molecule has 3 nitrogen and oxygen atoms in total. The average Bonchev–Trinajstić information content (AvgIpc) is 3.31. The maximum Gasteiger partial charge on any atom is 0.254 e. The molecule has 1 saturated carbocycles. The molecule has 1 fully saturated rings. The van der Waals surface area contributed by atoms with Gasteiger partial charge in [0.25, 0.3) is 5.91 Å². The number of aliphatic hydroxyl groups is 1. The van der Waals surface area contributed by atoms with Gasteiger partial charge in [-0.1, -0.05) is 31.3 Å². The van der Waals surface area contributed by atoms with Crippen LogP contribution in [0.2, 0.25) is 0 Å². The van der Waals surface area contributed by atoms with Crippen LogP contribution in [0.15, 0.2) is 18.2 Å². The predicted octanol–water partition coefficient (Wildman–Crippen LogP) is 2.74. The van der Waals surface area contributed by atoms with Crippen LogP contribution < -0.4 is 0 Å². The quantitative estimate of drug-likeness (QED) is 0.845. The molecule has 0 unspecified atom stereocenters. The predicted molar refractivity (Wildman–Crippen MR) is 84.1 cm³/mol. The molecular formula is C18H23NO2. The highest BCUT2D eigenvalue weighted by Gasteiger charge is 2.33. The summed E-state index contributed by atoms with van der Waals surface area (Å²) in [7, 11) is 0. The molecule has 3 heteroatoms. The Hall–Kier alpha value is -1.79. The van der Waals surface area contributed by atoms with Crippen molar-refractivity contribution in [1.82, 2.24) is 4.90 Å². The minimum Gasteiger partial charge on any atom is -0.384 e. The fourth-order valence-electron chi connectivity index (χ4n) is 2.46. The minimum atomic E-state index is -0.164. The number of benzene rings is 1. The fourth-order valence-corrected chi connectivity index (χ4v) is 2.46. The Morgan fingerprint density at radius 3 is 2.81 bits per heavy atom. The van der Waals surface area contributed by atoms with Crippen LogP contribution in [0.5, 0.6) is 0 Å². The molecule has 1 aromatic carbocycles. The number of nitrogens with zero attached hydrogens (tertiary/aromatic N) is 1. The molecule has 0 aromatic heterocycles. The Labute approximate surface area is 127 Å². The smallest absolute Gasteiger partial charge is 0.254 e. The van der Waals surface area contributed by atoms with Crippen LogP contribution in [0.25, 0.3) is 0 Å². The van der Waals surface area contributed by atoms with E-state index >= 15 is 0 Å². The standard InChI is InChI=1S/C18H23NO2/c1-3-4-12-19(16-10-11-16)18(21)17-9-5-7-15(14(17)2)8-6-13-20/h5,7,9,16,20H,3-4,10-13H2,1-2H3. The molecule has 0 bridgehead atoms.